The van der Waals surface area contributed by atoms with Crippen LogP contribution >= 0.6 is 0 Å². The minimum atomic E-state index is -1.86. The van der Waals surface area contributed by atoms with E-state index in [2.05, 4.69) is 10.6 Å². The summed E-state index contributed by atoms with van der Waals surface area (Å²) in [6, 6.07) is 12.0. The SMILES string of the molecule is CC(=O)Nc1cccc(NC(=O)CS(=O)c2ccccc2[N+](=O)[O-])c1. The standard InChI is InChI=1S/C16H15N3O5S/c1-11(20)17-12-5-4-6-13(9-12)18-16(21)10-25(24)15-8-3-2-7-14(15)19(22)23/h2-9H,10H2,1H3,(H,17,20)(H,18,21). The molecule has 9 heteroatoms. The third kappa shape index (κ3) is 5.21. The van der Waals surface area contributed by atoms with Gasteiger partial charge < -0.3 is 10.6 Å². The zero-order chi connectivity index (χ0) is 18.4. The van der Waals surface area contributed by atoms with E-state index >= 15 is 0 Å². The Bertz CT molecular complexity index is 853. The molecule has 2 rings (SSSR count). The van der Waals surface area contributed by atoms with Crippen molar-refractivity contribution in [2.75, 3.05) is 16.4 Å². The summed E-state index contributed by atoms with van der Waals surface area (Å²) in [6.07, 6.45) is 0. The molecule has 130 valence electrons. The zero-order valence-electron chi connectivity index (χ0n) is 13.2. The van der Waals surface area contributed by atoms with Gasteiger partial charge in [-0.05, 0) is 24.3 Å². The van der Waals surface area contributed by atoms with Crippen LogP contribution in [0.4, 0.5) is 17.1 Å². The molecule has 0 saturated heterocycles. The maximum absolute atomic E-state index is 12.3. The molecule has 0 spiro atoms. The van der Waals surface area contributed by atoms with Crippen LogP contribution in [0.5, 0.6) is 0 Å². The molecule has 0 aliphatic rings. The van der Waals surface area contributed by atoms with Gasteiger partial charge in [-0.15, -0.1) is 0 Å². The van der Waals surface area contributed by atoms with Crippen LogP contribution in [0.25, 0.3) is 0 Å². The van der Waals surface area contributed by atoms with Crippen LogP contribution in [-0.2, 0) is 20.4 Å². The predicted molar refractivity (Wildman–Crippen MR) is 93.7 cm³/mol. The molecule has 0 heterocycles. The summed E-state index contributed by atoms with van der Waals surface area (Å²) in [6.45, 7) is 1.36. The average molecular weight is 361 g/mol. The van der Waals surface area contributed by atoms with Crippen molar-refractivity contribution in [3.05, 3.63) is 58.6 Å². The van der Waals surface area contributed by atoms with Crippen LogP contribution in [0.1, 0.15) is 6.92 Å². The highest BCUT2D eigenvalue weighted by molar-refractivity contribution is 7.86. The van der Waals surface area contributed by atoms with Crippen LogP contribution in [0.2, 0.25) is 0 Å². The van der Waals surface area contributed by atoms with Crippen LogP contribution < -0.4 is 10.6 Å². The molecule has 0 saturated carbocycles. The van der Waals surface area contributed by atoms with Gasteiger partial charge in [0.15, 0.2) is 0 Å². The molecule has 0 fully saturated rings. The van der Waals surface area contributed by atoms with Gasteiger partial charge in [0.05, 0.1) is 15.7 Å². The van der Waals surface area contributed by atoms with Gasteiger partial charge in [0.2, 0.25) is 11.8 Å². The quantitative estimate of drug-likeness (QED) is 0.604. The zero-order valence-corrected chi connectivity index (χ0v) is 14.0. The molecule has 0 bridgehead atoms. The number of hydrogen-bond donors (Lipinski definition) is 2. The van der Waals surface area contributed by atoms with E-state index in [1.165, 1.54) is 31.2 Å². The molecule has 2 N–H and O–H groups in total. The first-order valence-corrected chi connectivity index (χ1v) is 8.48. The van der Waals surface area contributed by atoms with Crippen LogP contribution in [0.3, 0.4) is 0 Å². The molecule has 1 unspecified atom stereocenters. The second-order valence-corrected chi connectivity index (χ2v) is 6.44. The first kappa shape index (κ1) is 18.3. The highest BCUT2D eigenvalue weighted by Gasteiger charge is 2.20. The third-order valence-corrected chi connectivity index (χ3v) is 4.40. The Labute approximate surface area is 145 Å². The minimum Gasteiger partial charge on any atom is -0.326 e. The number of nitro groups is 1. The Kier molecular flexibility index (Phi) is 5.96. The lowest BCUT2D eigenvalue weighted by Gasteiger charge is -2.08. The van der Waals surface area contributed by atoms with Crippen molar-refractivity contribution in [2.45, 2.75) is 11.8 Å². The summed E-state index contributed by atoms with van der Waals surface area (Å²) in [7, 11) is -1.86. The summed E-state index contributed by atoms with van der Waals surface area (Å²) >= 11 is 0. The normalized spacial score (nSPS) is 11.4. The van der Waals surface area contributed by atoms with Crippen molar-refractivity contribution in [2.24, 2.45) is 0 Å². The number of anilines is 2. The number of carbonyl (C=O) groups is 2. The molecule has 8 nitrogen and oxygen atoms in total. The lowest BCUT2D eigenvalue weighted by molar-refractivity contribution is -0.387. The molecule has 2 amide bonds. The Morgan fingerprint density at radius 3 is 2.36 bits per heavy atom. The van der Waals surface area contributed by atoms with Crippen molar-refractivity contribution in [3.63, 3.8) is 0 Å². The fraction of sp³-hybridized carbons (Fsp3) is 0.125. The largest absolute Gasteiger partial charge is 0.326 e. The average Bonchev–Trinajstić information content (AvgIpc) is 2.54. The number of carbonyl (C=O) groups excluding carboxylic acids is 2. The number of amides is 2. The molecule has 0 aliphatic heterocycles. The lowest BCUT2D eigenvalue weighted by atomic mass is 10.2. The molecule has 25 heavy (non-hydrogen) atoms. The molecular formula is C16H15N3O5S. The monoisotopic (exact) mass is 361 g/mol. The van der Waals surface area contributed by atoms with Gasteiger partial charge in [0.1, 0.15) is 10.6 Å². The number of nitrogens with zero attached hydrogens (tertiary/aromatic N) is 1. The van der Waals surface area contributed by atoms with Crippen molar-refractivity contribution in [1.82, 2.24) is 0 Å². The minimum absolute atomic E-state index is 0.00496. The molecule has 2 aromatic carbocycles. The van der Waals surface area contributed by atoms with Crippen LogP contribution in [0, 0.1) is 10.1 Å². The van der Waals surface area contributed by atoms with Crippen molar-refractivity contribution in [1.29, 1.82) is 0 Å². The summed E-state index contributed by atoms with van der Waals surface area (Å²) < 4.78 is 12.3. The van der Waals surface area contributed by atoms with E-state index in [4.69, 9.17) is 0 Å². The van der Waals surface area contributed by atoms with Crippen molar-refractivity contribution >= 4 is 39.7 Å². The molecular weight excluding hydrogens is 346 g/mol. The van der Waals surface area contributed by atoms with E-state index in [1.807, 2.05) is 0 Å². The van der Waals surface area contributed by atoms with Gasteiger partial charge in [-0.2, -0.15) is 0 Å². The Balaban J connectivity index is 2.07. The van der Waals surface area contributed by atoms with Crippen molar-refractivity contribution in [3.8, 4) is 0 Å². The fourth-order valence-corrected chi connectivity index (χ4v) is 3.14. The second kappa shape index (κ2) is 8.15. The molecule has 2 aromatic rings. The Morgan fingerprint density at radius 2 is 1.72 bits per heavy atom. The van der Waals surface area contributed by atoms with Gasteiger partial charge in [-0.25, -0.2) is 0 Å². The lowest BCUT2D eigenvalue weighted by Crippen LogP contribution is -2.20. The summed E-state index contributed by atoms with van der Waals surface area (Å²) in [5.74, 6) is -1.23. The maximum atomic E-state index is 12.3. The van der Waals surface area contributed by atoms with E-state index in [0.717, 1.165) is 0 Å². The summed E-state index contributed by atoms with van der Waals surface area (Å²) in [4.78, 5) is 33.4. The number of para-hydroxylation sites is 1. The number of benzene rings is 2. The van der Waals surface area contributed by atoms with Gasteiger partial charge in [0.25, 0.3) is 5.69 Å². The first-order valence-electron chi connectivity index (χ1n) is 7.16. The fourth-order valence-electron chi connectivity index (χ4n) is 2.07. The van der Waals surface area contributed by atoms with E-state index in [-0.39, 0.29) is 16.5 Å². The molecule has 1 atom stereocenters. The van der Waals surface area contributed by atoms with E-state index < -0.39 is 27.4 Å². The first-order chi connectivity index (χ1) is 11.9. The van der Waals surface area contributed by atoms with Crippen LogP contribution in [0.15, 0.2) is 53.4 Å². The number of hydrogen-bond acceptors (Lipinski definition) is 5. The van der Waals surface area contributed by atoms with Crippen molar-refractivity contribution < 1.29 is 18.7 Å². The van der Waals surface area contributed by atoms with Crippen LogP contribution in [-0.4, -0.2) is 26.7 Å². The van der Waals surface area contributed by atoms with Gasteiger partial charge >= 0.3 is 0 Å². The van der Waals surface area contributed by atoms with E-state index in [0.29, 0.717) is 11.4 Å². The topological polar surface area (TPSA) is 118 Å². The van der Waals surface area contributed by atoms with Gasteiger partial charge in [-0.1, -0.05) is 18.2 Å². The molecule has 0 aromatic heterocycles. The molecule has 0 aliphatic carbocycles. The number of nitro benzene ring substituents is 1. The van der Waals surface area contributed by atoms with E-state index in [1.54, 1.807) is 24.3 Å². The highest BCUT2D eigenvalue weighted by Crippen LogP contribution is 2.22. The molecule has 0 radical (unpaired) electrons. The van der Waals surface area contributed by atoms with Gasteiger partial charge in [0, 0.05) is 24.4 Å². The number of rotatable bonds is 6. The maximum Gasteiger partial charge on any atom is 0.285 e. The summed E-state index contributed by atoms with van der Waals surface area (Å²) in [5, 5.41) is 16.1. The number of nitrogens with one attached hydrogen (secondary N) is 2. The smallest absolute Gasteiger partial charge is 0.285 e. The second-order valence-electron chi connectivity index (χ2n) is 5.02. The predicted octanol–water partition coefficient (Wildman–Crippen LogP) is 2.30. The highest BCUT2D eigenvalue weighted by atomic mass is 32.2. The van der Waals surface area contributed by atoms with E-state index in [9.17, 15) is 23.9 Å². The third-order valence-electron chi connectivity index (χ3n) is 3.04. The Hall–Kier alpha value is -3.07. The van der Waals surface area contributed by atoms with Gasteiger partial charge in [-0.3, -0.25) is 23.9 Å². The summed E-state index contributed by atoms with van der Waals surface area (Å²) in [5.41, 5.74) is 0.627. The Morgan fingerprint density at radius 1 is 1.08 bits per heavy atom.